The Morgan fingerprint density at radius 1 is 1.18 bits per heavy atom. The van der Waals surface area contributed by atoms with Crippen molar-refractivity contribution < 1.29 is 0 Å². The highest BCUT2D eigenvalue weighted by Gasteiger charge is 2.17. The molecule has 2 N–H and O–H groups in total. The zero-order chi connectivity index (χ0) is 8.69. The Morgan fingerprint density at radius 3 is 1.64 bits per heavy atom. The Kier molecular flexibility index (Phi) is 6.63. The monoisotopic (exact) mass is 157 g/mol. The van der Waals surface area contributed by atoms with Crippen LogP contribution in [0.2, 0.25) is 0 Å². The average Bonchev–Trinajstić information content (AvgIpc) is 2.86. The minimum atomic E-state index is 0.435. The Hall–Kier alpha value is -0.0400. The molecule has 1 heteroatoms. The minimum Gasteiger partial charge on any atom is -0.328 e. The molecule has 0 radical (unpaired) electrons. The van der Waals surface area contributed by atoms with Gasteiger partial charge in [0.15, 0.2) is 0 Å². The van der Waals surface area contributed by atoms with Crippen molar-refractivity contribution in [1.29, 1.82) is 0 Å². The topological polar surface area (TPSA) is 26.0 Å². The maximum atomic E-state index is 5.47. The van der Waals surface area contributed by atoms with Gasteiger partial charge >= 0.3 is 0 Å². The molecule has 0 saturated heterocycles. The second kappa shape index (κ2) is 6.66. The zero-order valence-corrected chi connectivity index (χ0v) is 8.27. The fraction of sp³-hybridized carbons (Fsp3) is 1.00. The van der Waals surface area contributed by atoms with Crippen LogP contribution in [-0.4, -0.2) is 6.04 Å². The third-order valence-corrected chi connectivity index (χ3v) is 2.32. The summed E-state index contributed by atoms with van der Waals surface area (Å²) >= 11 is 0. The van der Waals surface area contributed by atoms with Crippen molar-refractivity contribution >= 4 is 0 Å². The predicted octanol–water partition coefficient (Wildman–Crippen LogP) is 2.94. The van der Waals surface area contributed by atoms with Crippen LogP contribution in [0.3, 0.4) is 0 Å². The van der Waals surface area contributed by atoms with Crippen LogP contribution in [0.5, 0.6) is 0 Å². The van der Waals surface area contributed by atoms with Crippen molar-refractivity contribution in [3.05, 3.63) is 0 Å². The predicted molar refractivity (Wildman–Crippen MR) is 51.6 cm³/mol. The molecule has 1 nitrogen and oxygen atoms in total. The SMILES string of the molecule is CCC(N)CC.CCC1CC1. The van der Waals surface area contributed by atoms with Crippen LogP contribution in [-0.2, 0) is 0 Å². The van der Waals surface area contributed by atoms with Gasteiger partial charge in [0.2, 0.25) is 0 Å². The van der Waals surface area contributed by atoms with Gasteiger partial charge in [-0.05, 0) is 18.8 Å². The fourth-order valence-corrected chi connectivity index (χ4v) is 0.815. The Morgan fingerprint density at radius 2 is 1.64 bits per heavy atom. The first-order chi connectivity index (χ1) is 5.24. The molecule has 0 aromatic rings. The molecular weight excluding hydrogens is 134 g/mol. The molecule has 1 saturated carbocycles. The van der Waals surface area contributed by atoms with Crippen molar-refractivity contribution in [3.8, 4) is 0 Å². The first-order valence-electron chi connectivity index (χ1n) is 5.00. The van der Waals surface area contributed by atoms with E-state index in [-0.39, 0.29) is 0 Å². The quantitative estimate of drug-likeness (QED) is 0.669. The molecule has 68 valence electrons. The van der Waals surface area contributed by atoms with Gasteiger partial charge in [-0.2, -0.15) is 0 Å². The molecule has 0 aromatic heterocycles. The van der Waals surface area contributed by atoms with Gasteiger partial charge in [-0.1, -0.05) is 40.0 Å². The molecule has 1 fully saturated rings. The van der Waals surface area contributed by atoms with Gasteiger partial charge in [0.1, 0.15) is 0 Å². The van der Waals surface area contributed by atoms with Crippen molar-refractivity contribution in [1.82, 2.24) is 0 Å². The van der Waals surface area contributed by atoms with Gasteiger partial charge < -0.3 is 5.73 Å². The molecule has 0 unspecified atom stereocenters. The summed E-state index contributed by atoms with van der Waals surface area (Å²) in [6, 6.07) is 0.435. The van der Waals surface area contributed by atoms with Gasteiger partial charge in [0.25, 0.3) is 0 Å². The molecule has 0 aliphatic heterocycles. The summed E-state index contributed by atoms with van der Waals surface area (Å²) in [5.74, 6) is 1.13. The van der Waals surface area contributed by atoms with Crippen molar-refractivity contribution in [2.45, 2.75) is 58.9 Å². The standard InChI is InChI=1S/C5H13N.C5H10/c1-3-5(6)4-2;1-2-5-3-4-5/h5H,3-4,6H2,1-2H3;5H,2-4H2,1H3. The third kappa shape index (κ3) is 7.86. The number of hydrogen-bond donors (Lipinski definition) is 1. The van der Waals surface area contributed by atoms with E-state index in [1.807, 2.05) is 0 Å². The number of nitrogens with two attached hydrogens (primary N) is 1. The van der Waals surface area contributed by atoms with Crippen LogP contribution in [0.4, 0.5) is 0 Å². The zero-order valence-electron chi connectivity index (χ0n) is 8.27. The van der Waals surface area contributed by atoms with Gasteiger partial charge in [-0.25, -0.2) is 0 Å². The minimum absolute atomic E-state index is 0.435. The van der Waals surface area contributed by atoms with Crippen LogP contribution >= 0.6 is 0 Å². The largest absolute Gasteiger partial charge is 0.328 e. The normalized spacial score (nSPS) is 16.1. The molecule has 0 amide bonds. The van der Waals surface area contributed by atoms with Crippen LogP contribution in [0.15, 0.2) is 0 Å². The smallest absolute Gasteiger partial charge is 0.00335 e. The summed E-state index contributed by atoms with van der Waals surface area (Å²) < 4.78 is 0. The first-order valence-corrected chi connectivity index (χ1v) is 5.00. The van der Waals surface area contributed by atoms with Crippen molar-refractivity contribution in [3.63, 3.8) is 0 Å². The van der Waals surface area contributed by atoms with Crippen LogP contribution in [0.1, 0.15) is 52.9 Å². The van der Waals surface area contributed by atoms with E-state index in [4.69, 9.17) is 5.73 Å². The van der Waals surface area contributed by atoms with Crippen LogP contribution in [0, 0.1) is 5.92 Å². The molecule has 0 spiro atoms. The summed E-state index contributed by atoms with van der Waals surface area (Å²) in [6.45, 7) is 6.47. The highest BCUT2D eigenvalue weighted by atomic mass is 14.6. The van der Waals surface area contributed by atoms with Gasteiger partial charge in [0, 0.05) is 6.04 Å². The van der Waals surface area contributed by atoms with E-state index >= 15 is 0 Å². The van der Waals surface area contributed by atoms with Crippen molar-refractivity contribution in [2.75, 3.05) is 0 Å². The van der Waals surface area contributed by atoms with E-state index in [2.05, 4.69) is 20.8 Å². The Bertz CT molecular complexity index is 72.9. The van der Waals surface area contributed by atoms with Crippen LogP contribution < -0.4 is 5.73 Å². The molecular formula is C10H23N. The lowest BCUT2D eigenvalue weighted by atomic mass is 10.2. The molecule has 1 rings (SSSR count). The average molecular weight is 157 g/mol. The highest BCUT2D eigenvalue weighted by Crippen LogP contribution is 2.31. The lowest BCUT2D eigenvalue weighted by Crippen LogP contribution is -2.16. The van der Waals surface area contributed by atoms with Gasteiger partial charge in [0.05, 0.1) is 0 Å². The lowest BCUT2D eigenvalue weighted by Gasteiger charge is -1.99. The summed E-state index contributed by atoms with van der Waals surface area (Å²) in [6.07, 6.45) is 6.65. The number of rotatable bonds is 3. The summed E-state index contributed by atoms with van der Waals surface area (Å²) in [4.78, 5) is 0. The number of hydrogen-bond acceptors (Lipinski definition) is 1. The molecule has 11 heavy (non-hydrogen) atoms. The lowest BCUT2D eigenvalue weighted by molar-refractivity contribution is 0.629. The molecule has 0 heterocycles. The molecule has 1 aliphatic rings. The molecule has 0 atom stereocenters. The summed E-state index contributed by atoms with van der Waals surface area (Å²) in [5, 5.41) is 0. The van der Waals surface area contributed by atoms with E-state index in [1.165, 1.54) is 19.3 Å². The van der Waals surface area contributed by atoms with E-state index in [0.717, 1.165) is 18.8 Å². The van der Waals surface area contributed by atoms with Gasteiger partial charge in [-0.3, -0.25) is 0 Å². The molecule has 0 aromatic carbocycles. The van der Waals surface area contributed by atoms with Gasteiger partial charge in [-0.15, -0.1) is 0 Å². The maximum absolute atomic E-state index is 5.47. The third-order valence-electron chi connectivity index (χ3n) is 2.32. The molecule has 1 aliphatic carbocycles. The van der Waals surface area contributed by atoms with E-state index in [0.29, 0.717) is 6.04 Å². The Balaban J connectivity index is 0.000000183. The van der Waals surface area contributed by atoms with E-state index in [9.17, 15) is 0 Å². The van der Waals surface area contributed by atoms with E-state index < -0.39 is 0 Å². The van der Waals surface area contributed by atoms with Crippen LogP contribution in [0.25, 0.3) is 0 Å². The summed E-state index contributed by atoms with van der Waals surface area (Å²) in [5.41, 5.74) is 5.47. The second-order valence-electron chi connectivity index (χ2n) is 3.43. The fourth-order valence-electron chi connectivity index (χ4n) is 0.815. The summed E-state index contributed by atoms with van der Waals surface area (Å²) in [7, 11) is 0. The Labute approximate surface area is 71.4 Å². The highest BCUT2D eigenvalue weighted by molar-refractivity contribution is 4.69. The molecule has 0 bridgehead atoms. The van der Waals surface area contributed by atoms with E-state index in [1.54, 1.807) is 0 Å². The van der Waals surface area contributed by atoms with Crippen molar-refractivity contribution in [2.24, 2.45) is 11.7 Å². The first kappa shape index (κ1) is 11.0. The maximum Gasteiger partial charge on any atom is 0.00335 e. The second-order valence-corrected chi connectivity index (χ2v) is 3.43.